The number of carbonyl (C=O) groups is 1. The molecule has 0 aromatic carbocycles. The maximum atomic E-state index is 14.1. The highest BCUT2D eigenvalue weighted by Gasteiger charge is 2.30. The second kappa shape index (κ2) is 6.15. The van der Waals surface area contributed by atoms with Crippen LogP contribution in [0.1, 0.15) is 17.3 Å². The van der Waals surface area contributed by atoms with Crippen LogP contribution in [0, 0.1) is 5.82 Å². The Hall–Kier alpha value is -1.73. The summed E-state index contributed by atoms with van der Waals surface area (Å²) in [5.41, 5.74) is -0.0323. The molecule has 1 aromatic rings. The molecule has 1 aromatic heterocycles. The number of hydrogen-bond acceptors (Lipinski definition) is 5. The first kappa shape index (κ1) is 14.7. The third kappa shape index (κ3) is 2.88. The van der Waals surface area contributed by atoms with Crippen molar-refractivity contribution in [2.45, 2.75) is 19.1 Å². The normalized spacial score (nSPS) is 22.7. The summed E-state index contributed by atoms with van der Waals surface area (Å²) in [4.78, 5) is 17.7. The van der Waals surface area contributed by atoms with E-state index < -0.39 is 17.8 Å². The fourth-order valence-electron chi connectivity index (χ4n) is 2.27. The number of aromatic nitrogens is 1. The monoisotopic (exact) mass is 283 g/mol. The molecule has 20 heavy (non-hydrogen) atoms. The molecule has 0 radical (unpaired) electrons. The summed E-state index contributed by atoms with van der Waals surface area (Å²) in [6.45, 7) is 2.25. The maximum absolute atomic E-state index is 14.1. The molecule has 0 saturated carbocycles. The van der Waals surface area contributed by atoms with Crippen LogP contribution >= 0.6 is 0 Å². The van der Waals surface area contributed by atoms with Gasteiger partial charge in [0, 0.05) is 26.3 Å². The Morgan fingerprint density at radius 2 is 2.40 bits per heavy atom. The molecule has 1 fully saturated rings. The molecular weight excluding hydrogens is 265 g/mol. The molecule has 0 spiro atoms. The number of anilines is 1. The number of morpholine rings is 1. The van der Waals surface area contributed by atoms with Crippen LogP contribution in [0.25, 0.3) is 0 Å². The predicted molar refractivity (Wildman–Crippen MR) is 71.1 cm³/mol. The Balaban J connectivity index is 2.22. The van der Waals surface area contributed by atoms with Gasteiger partial charge in [0.1, 0.15) is 0 Å². The van der Waals surface area contributed by atoms with E-state index in [0.717, 1.165) is 0 Å². The first-order valence-electron chi connectivity index (χ1n) is 6.44. The van der Waals surface area contributed by atoms with Crippen molar-refractivity contribution in [3.63, 3.8) is 0 Å². The van der Waals surface area contributed by atoms with Gasteiger partial charge in [0.05, 0.1) is 24.4 Å². The lowest BCUT2D eigenvalue weighted by atomic mass is 10.1. The Labute approximate surface area is 116 Å². The average Bonchev–Trinajstić information content (AvgIpc) is 2.46. The molecule has 2 atom stereocenters. The average molecular weight is 283 g/mol. The van der Waals surface area contributed by atoms with E-state index in [1.54, 1.807) is 0 Å². The van der Waals surface area contributed by atoms with Crippen molar-refractivity contribution in [1.29, 1.82) is 0 Å². The van der Waals surface area contributed by atoms with Gasteiger partial charge < -0.3 is 20.1 Å². The second-order valence-corrected chi connectivity index (χ2v) is 4.73. The van der Waals surface area contributed by atoms with E-state index in [-0.39, 0.29) is 30.6 Å². The number of aliphatic hydroxyl groups excluding tert-OH is 1. The van der Waals surface area contributed by atoms with Crippen LogP contribution in [0.2, 0.25) is 0 Å². The Morgan fingerprint density at radius 3 is 3.05 bits per heavy atom. The number of amides is 1. The van der Waals surface area contributed by atoms with Crippen molar-refractivity contribution in [1.82, 2.24) is 9.88 Å². The first-order valence-corrected chi connectivity index (χ1v) is 6.44. The summed E-state index contributed by atoms with van der Waals surface area (Å²) in [6.07, 6.45) is 0.755. The lowest BCUT2D eigenvalue weighted by molar-refractivity contribution is -0.0859. The molecule has 6 nitrogen and oxygen atoms in total. The van der Waals surface area contributed by atoms with Crippen LogP contribution in [0.3, 0.4) is 0 Å². The minimum Gasteiger partial charge on any atom is -0.394 e. The van der Waals surface area contributed by atoms with E-state index in [1.165, 1.54) is 24.2 Å². The Kier molecular flexibility index (Phi) is 4.51. The van der Waals surface area contributed by atoms with E-state index in [9.17, 15) is 9.18 Å². The van der Waals surface area contributed by atoms with E-state index in [4.69, 9.17) is 9.84 Å². The Bertz CT molecular complexity index is 498. The zero-order chi connectivity index (χ0) is 14.7. The standard InChI is InChI=1S/C13H18FN3O3/c1-8-5-17(6-9(7-18)20-8)13(19)10-3-4-16-12(15-2)11(10)14/h3-4,8-9,18H,5-7H2,1-2H3,(H,15,16). The molecule has 1 amide bonds. The second-order valence-electron chi connectivity index (χ2n) is 4.73. The van der Waals surface area contributed by atoms with Gasteiger partial charge in [-0.1, -0.05) is 0 Å². The van der Waals surface area contributed by atoms with E-state index in [1.807, 2.05) is 6.92 Å². The smallest absolute Gasteiger partial charge is 0.257 e. The molecule has 110 valence electrons. The van der Waals surface area contributed by atoms with Crippen molar-refractivity contribution in [2.24, 2.45) is 0 Å². The molecule has 2 heterocycles. The maximum Gasteiger partial charge on any atom is 0.257 e. The van der Waals surface area contributed by atoms with Crippen LogP contribution in [0.4, 0.5) is 10.2 Å². The number of hydrogen-bond donors (Lipinski definition) is 2. The number of carbonyl (C=O) groups excluding carboxylic acids is 1. The fraction of sp³-hybridized carbons (Fsp3) is 0.538. The lowest BCUT2D eigenvalue weighted by Gasteiger charge is -2.36. The van der Waals surface area contributed by atoms with Crippen LogP contribution in [0.5, 0.6) is 0 Å². The number of nitrogens with one attached hydrogen (secondary N) is 1. The molecule has 7 heteroatoms. The van der Waals surface area contributed by atoms with E-state index in [2.05, 4.69) is 10.3 Å². The fourth-order valence-corrected chi connectivity index (χ4v) is 2.27. The van der Waals surface area contributed by atoms with Gasteiger partial charge in [0.25, 0.3) is 5.91 Å². The number of aliphatic hydroxyl groups is 1. The van der Waals surface area contributed by atoms with Crippen molar-refractivity contribution < 1.29 is 19.0 Å². The molecule has 1 saturated heterocycles. The molecule has 0 bridgehead atoms. The zero-order valence-electron chi connectivity index (χ0n) is 11.5. The third-order valence-corrected chi connectivity index (χ3v) is 3.17. The number of ether oxygens (including phenoxy) is 1. The quantitative estimate of drug-likeness (QED) is 0.844. The lowest BCUT2D eigenvalue weighted by Crippen LogP contribution is -2.50. The van der Waals surface area contributed by atoms with Crippen molar-refractivity contribution in [3.05, 3.63) is 23.6 Å². The largest absolute Gasteiger partial charge is 0.394 e. The van der Waals surface area contributed by atoms with Crippen LogP contribution < -0.4 is 5.32 Å². The third-order valence-electron chi connectivity index (χ3n) is 3.17. The van der Waals surface area contributed by atoms with Crippen molar-refractivity contribution >= 4 is 11.7 Å². The summed E-state index contributed by atoms with van der Waals surface area (Å²) in [6, 6.07) is 1.35. The summed E-state index contributed by atoms with van der Waals surface area (Å²) < 4.78 is 19.6. The minimum atomic E-state index is -0.667. The van der Waals surface area contributed by atoms with E-state index >= 15 is 0 Å². The highest BCUT2D eigenvalue weighted by atomic mass is 19.1. The number of pyridine rings is 1. The predicted octanol–water partition coefficient (Wildman–Crippen LogP) is 0.484. The summed E-state index contributed by atoms with van der Waals surface area (Å²) >= 11 is 0. The number of nitrogens with zero attached hydrogens (tertiary/aromatic N) is 2. The van der Waals surface area contributed by atoms with Crippen molar-refractivity contribution in [2.75, 3.05) is 32.1 Å². The van der Waals surface area contributed by atoms with Crippen LogP contribution in [0.15, 0.2) is 12.3 Å². The highest BCUT2D eigenvalue weighted by molar-refractivity contribution is 5.95. The van der Waals surface area contributed by atoms with Gasteiger partial charge in [0.2, 0.25) is 0 Å². The minimum absolute atomic E-state index is 0.0323. The number of rotatable bonds is 3. The summed E-state index contributed by atoms with van der Waals surface area (Å²) in [7, 11) is 1.54. The van der Waals surface area contributed by atoms with Gasteiger partial charge in [-0.3, -0.25) is 4.79 Å². The zero-order valence-corrected chi connectivity index (χ0v) is 11.5. The van der Waals surface area contributed by atoms with Gasteiger partial charge in [0.15, 0.2) is 11.6 Å². The molecule has 2 rings (SSSR count). The van der Waals surface area contributed by atoms with Gasteiger partial charge >= 0.3 is 0 Å². The van der Waals surface area contributed by atoms with Gasteiger partial charge in [-0.05, 0) is 13.0 Å². The van der Waals surface area contributed by atoms with Crippen LogP contribution in [-0.2, 0) is 4.74 Å². The molecule has 1 aliphatic rings. The molecule has 0 aliphatic carbocycles. The summed E-state index contributed by atoms with van der Waals surface area (Å²) in [5.74, 6) is -1.05. The van der Waals surface area contributed by atoms with Crippen molar-refractivity contribution in [3.8, 4) is 0 Å². The first-order chi connectivity index (χ1) is 9.56. The summed E-state index contributed by atoms with van der Waals surface area (Å²) in [5, 5.41) is 11.8. The molecule has 1 aliphatic heterocycles. The van der Waals surface area contributed by atoms with E-state index in [0.29, 0.717) is 6.54 Å². The SMILES string of the molecule is CNc1nccc(C(=O)N2CC(C)OC(CO)C2)c1F. The van der Waals surface area contributed by atoms with Crippen LogP contribution in [-0.4, -0.2) is 59.8 Å². The highest BCUT2D eigenvalue weighted by Crippen LogP contribution is 2.19. The Morgan fingerprint density at radius 1 is 1.65 bits per heavy atom. The van der Waals surface area contributed by atoms with Gasteiger partial charge in [-0.2, -0.15) is 0 Å². The topological polar surface area (TPSA) is 74.7 Å². The molecular formula is C13H18FN3O3. The van der Waals surface area contributed by atoms with Gasteiger partial charge in [-0.25, -0.2) is 9.37 Å². The molecule has 2 N–H and O–H groups in total. The molecule has 2 unspecified atom stereocenters. The van der Waals surface area contributed by atoms with Gasteiger partial charge in [-0.15, -0.1) is 0 Å². The number of halogens is 1.